The van der Waals surface area contributed by atoms with Gasteiger partial charge in [0.15, 0.2) is 0 Å². The van der Waals surface area contributed by atoms with Gasteiger partial charge in [-0.05, 0) is 6.42 Å². The van der Waals surface area contributed by atoms with Gasteiger partial charge in [-0.2, -0.15) is 0 Å². The number of allylic oxidation sites excluding steroid dienone is 1. The topological polar surface area (TPSA) is 0 Å². The lowest BCUT2D eigenvalue weighted by molar-refractivity contribution is 0.624. The highest BCUT2D eigenvalue weighted by molar-refractivity contribution is 4.64. The zero-order valence-corrected chi connectivity index (χ0v) is 15.5. The van der Waals surface area contributed by atoms with Crippen LogP contribution in [0.15, 0.2) is 12.7 Å². The van der Waals surface area contributed by atoms with Crippen molar-refractivity contribution in [2.24, 2.45) is 0 Å². The summed E-state index contributed by atoms with van der Waals surface area (Å²) < 4.78 is 0. The van der Waals surface area contributed by atoms with Gasteiger partial charge in [-0.3, -0.25) is 0 Å². The maximum absolute atomic E-state index is 3.60. The molecule has 0 heterocycles. The Morgan fingerprint density at radius 3 is 1.00 bits per heavy atom. The van der Waals surface area contributed by atoms with E-state index >= 15 is 0 Å². The number of rotatable bonds is 11. The van der Waals surface area contributed by atoms with E-state index < -0.39 is 0 Å². The van der Waals surface area contributed by atoms with E-state index in [0.717, 1.165) is 0 Å². The van der Waals surface area contributed by atoms with Crippen molar-refractivity contribution in [1.82, 2.24) is 0 Å². The number of hydrogen-bond donors (Lipinski definition) is 0. The molecule has 0 spiro atoms. The van der Waals surface area contributed by atoms with Crippen LogP contribution in [-0.4, -0.2) is 0 Å². The predicted molar refractivity (Wildman–Crippen MR) is 98.6 cm³/mol. The van der Waals surface area contributed by atoms with E-state index in [1.807, 2.05) is 6.08 Å². The van der Waals surface area contributed by atoms with Crippen LogP contribution in [0.2, 0.25) is 0 Å². The first-order chi connectivity index (χ1) is 9.74. The molecule has 0 rings (SSSR count). The maximum Gasteiger partial charge on any atom is -0.0354 e. The molecular weight excluding hydrogens is 240 g/mol. The second-order valence-corrected chi connectivity index (χ2v) is 5.55. The van der Waals surface area contributed by atoms with Crippen LogP contribution in [0, 0.1) is 0 Å². The minimum absolute atomic E-state index is 1.18. The number of hydrogen-bond acceptors (Lipinski definition) is 0. The molecule has 0 amide bonds. The Kier molecular flexibility index (Phi) is 38.6. The predicted octanol–water partition coefficient (Wildman–Crippen LogP) is 8.32. The first kappa shape index (κ1) is 24.7. The van der Waals surface area contributed by atoms with Gasteiger partial charge < -0.3 is 0 Å². The van der Waals surface area contributed by atoms with E-state index in [2.05, 4.69) is 41.2 Å². The van der Waals surface area contributed by atoms with Gasteiger partial charge in [0, 0.05) is 0 Å². The maximum atomic E-state index is 3.60. The van der Waals surface area contributed by atoms with Crippen LogP contribution in [0.1, 0.15) is 118 Å². The second kappa shape index (κ2) is 31.2. The van der Waals surface area contributed by atoms with Gasteiger partial charge in [0.1, 0.15) is 0 Å². The van der Waals surface area contributed by atoms with Crippen LogP contribution in [0.4, 0.5) is 0 Å². The van der Waals surface area contributed by atoms with E-state index in [1.165, 1.54) is 83.5 Å². The normalized spacial score (nSPS) is 9.05. The molecule has 0 aliphatic carbocycles. The van der Waals surface area contributed by atoms with Crippen LogP contribution >= 0.6 is 0 Å². The van der Waals surface area contributed by atoms with Crippen molar-refractivity contribution >= 4 is 0 Å². The Balaban J connectivity index is -0.000000221. The third-order valence-corrected chi connectivity index (χ3v) is 3.18. The third-order valence-electron chi connectivity index (χ3n) is 3.18. The molecule has 0 aliphatic rings. The molecule has 0 saturated heterocycles. The minimum Gasteiger partial charge on any atom is -0.103 e. The van der Waals surface area contributed by atoms with Gasteiger partial charge >= 0.3 is 0 Å². The Bertz CT molecular complexity index is 116. The SMILES string of the molecule is C=CCCCC.CCCCCC.CCCCCCCC. The summed E-state index contributed by atoms with van der Waals surface area (Å²) in [6.07, 6.45) is 19.7. The van der Waals surface area contributed by atoms with Crippen molar-refractivity contribution in [3.63, 3.8) is 0 Å². The van der Waals surface area contributed by atoms with Gasteiger partial charge in [-0.15, -0.1) is 6.58 Å². The first-order valence-electron chi connectivity index (χ1n) is 9.35. The van der Waals surface area contributed by atoms with Crippen molar-refractivity contribution in [3.05, 3.63) is 12.7 Å². The number of unbranched alkanes of at least 4 members (excludes halogenated alkanes) is 10. The molecule has 0 saturated carbocycles. The van der Waals surface area contributed by atoms with Crippen molar-refractivity contribution in [1.29, 1.82) is 0 Å². The lowest BCUT2D eigenvalue weighted by Gasteiger charge is -1.93. The highest BCUT2D eigenvalue weighted by Crippen LogP contribution is 2.03. The van der Waals surface area contributed by atoms with Crippen molar-refractivity contribution in [3.8, 4) is 0 Å². The largest absolute Gasteiger partial charge is 0.103 e. The van der Waals surface area contributed by atoms with Crippen LogP contribution in [0.3, 0.4) is 0 Å². The molecule has 0 bridgehead atoms. The minimum atomic E-state index is 1.18. The van der Waals surface area contributed by atoms with E-state index in [1.54, 1.807) is 0 Å². The molecule has 124 valence electrons. The molecule has 0 atom stereocenters. The summed E-state index contributed by atoms with van der Waals surface area (Å²) in [5.74, 6) is 0. The Morgan fingerprint density at radius 1 is 0.500 bits per heavy atom. The Labute approximate surface area is 131 Å². The molecular formula is C20H44. The molecule has 0 radical (unpaired) electrons. The van der Waals surface area contributed by atoms with Crippen LogP contribution in [-0.2, 0) is 0 Å². The molecule has 0 N–H and O–H groups in total. The summed E-state index contributed by atoms with van der Waals surface area (Å²) in [5.41, 5.74) is 0. The molecule has 0 aromatic rings. The molecule has 0 unspecified atom stereocenters. The quantitative estimate of drug-likeness (QED) is 0.264. The molecule has 0 heteroatoms. The molecule has 0 aromatic carbocycles. The van der Waals surface area contributed by atoms with Gasteiger partial charge in [-0.25, -0.2) is 0 Å². The van der Waals surface area contributed by atoms with E-state index in [-0.39, 0.29) is 0 Å². The fraction of sp³-hybridized carbons (Fsp3) is 0.900. The molecule has 0 aromatic heterocycles. The average Bonchev–Trinajstić information content (AvgIpc) is 2.49. The first-order valence-corrected chi connectivity index (χ1v) is 9.35. The summed E-state index contributed by atoms with van der Waals surface area (Å²) in [4.78, 5) is 0. The highest BCUT2D eigenvalue weighted by Gasteiger charge is 1.83. The lowest BCUT2D eigenvalue weighted by Crippen LogP contribution is -1.73. The van der Waals surface area contributed by atoms with Crippen molar-refractivity contribution < 1.29 is 0 Å². The van der Waals surface area contributed by atoms with E-state index in [4.69, 9.17) is 0 Å². The highest BCUT2D eigenvalue weighted by atomic mass is 13.9. The monoisotopic (exact) mass is 284 g/mol. The average molecular weight is 285 g/mol. The fourth-order valence-electron chi connectivity index (χ4n) is 1.70. The molecule has 0 aliphatic heterocycles. The van der Waals surface area contributed by atoms with Crippen molar-refractivity contribution in [2.75, 3.05) is 0 Å². The van der Waals surface area contributed by atoms with E-state index in [9.17, 15) is 0 Å². The van der Waals surface area contributed by atoms with Crippen LogP contribution in [0.25, 0.3) is 0 Å². The van der Waals surface area contributed by atoms with Gasteiger partial charge in [0.05, 0.1) is 0 Å². The smallest absolute Gasteiger partial charge is 0.0354 e. The summed E-state index contributed by atoms with van der Waals surface area (Å²) >= 11 is 0. The van der Waals surface area contributed by atoms with Crippen molar-refractivity contribution in [2.45, 2.75) is 118 Å². The zero-order valence-electron chi connectivity index (χ0n) is 15.5. The molecule has 0 nitrogen and oxygen atoms in total. The van der Waals surface area contributed by atoms with Gasteiger partial charge in [0.2, 0.25) is 0 Å². The summed E-state index contributed by atoms with van der Waals surface area (Å²) in [6, 6.07) is 0. The Hall–Kier alpha value is -0.260. The lowest BCUT2D eigenvalue weighted by atomic mass is 10.1. The molecule has 20 heavy (non-hydrogen) atoms. The standard InChI is InChI=1S/C8H18.C6H14.C6H12/c1-3-5-7-8-6-4-2;2*1-3-5-6-4-2/h3-8H2,1-2H3;3-6H2,1-2H3;3H,1,4-6H2,2H3. The molecule has 0 fully saturated rings. The Morgan fingerprint density at radius 2 is 0.800 bits per heavy atom. The van der Waals surface area contributed by atoms with Crippen LogP contribution < -0.4 is 0 Å². The summed E-state index contributed by atoms with van der Waals surface area (Å²) in [7, 11) is 0. The van der Waals surface area contributed by atoms with E-state index in [0.29, 0.717) is 0 Å². The van der Waals surface area contributed by atoms with Gasteiger partial charge in [0.25, 0.3) is 0 Å². The van der Waals surface area contributed by atoms with Gasteiger partial charge in [-0.1, -0.05) is 118 Å². The summed E-state index contributed by atoms with van der Waals surface area (Å²) in [6.45, 7) is 14.8. The third kappa shape index (κ3) is 43.1. The fourth-order valence-corrected chi connectivity index (χ4v) is 1.70. The van der Waals surface area contributed by atoms with Crippen LogP contribution in [0.5, 0.6) is 0 Å². The second-order valence-electron chi connectivity index (χ2n) is 5.55. The zero-order chi connectivity index (χ0) is 15.9. The summed E-state index contributed by atoms with van der Waals surface area (Å²) in [5, 5.41) is 0.